The van der Waals surface area contributed by atoms with E-state index >= 15 is 0 Å². The van der Waals surface area contributed by atoms with Gasteiger partial charge in [-0.2, -0.15) is 9.90 Å². The maximum atomic E-state index is 0. The second-order valence-electron chi connectivity index (χ2n) is 0. The summed E-state index contributed by atoms with van der Waals surface area (Å²) in [6.45, 7) is 0. The van der Waals surface area contributed by atoms with E-state index in [1.54, 1.807) is 0 Å². The zero-order valence-electron chi connectivity index (χ0n) is 4.21. The third-order valence-electron chi connectivity index (χ3n) is 0. The van der Waals surface area contributed by atoms with Gasteiger partial charge in [0, 0.05) is 0 Å². The van der Waals surface area contributed by atoms with Crippen LogP contribution in [-0.2, 0) is 0 Å². The van der Waals surface area contributed by atoms with Gasteiger partial charge in [0.1, 0.15) is 0 Å². The number of hydrogen-bond acceptors (Lipinski definition) is 0. The fourth-order valence-electron chi connectivity index (χ4n) is 0. The third-order valence-corrected chi connectivity index (χ3v) is 0. The highest BCUT2D eigenvalue weighted by Gasteiger charge is -0.0148. The molecule has 0 aromatic carbocycles. The van der Waals surface area contributed by atoms with Gasteiger partial charge in [0.15, 0.2) is 0 Å². The number of hydrogen-bond donors (Lipinski definition) is 0. The summed E-state index contributed by atoms with van der Waals surface area (Å²) in [7, 11) is 0. The first kappa shape index (κ1) is 4870. The third kappa shape index (κ3) is 2520. The molecular weight excluding hydrogens is 171 g/mol. The Kier molecular flexibility index (Phi) is 1830000. The van der Waals surface area contributed by atoms with Gasteiger partial charge in [0.25, 0.3) is 0 Å². The molecule has 0 rings (SSSR count). The van der Waals surface area contributed by atoms with Crippen molar-refractivity contribution < 1.29 is 38.3 Å². The molecule has 0 bridgehead atoms. The summed E-state index contributed by atoms with van der Waals surface area (Å²) in [5, 5.41) is 0. The molecule has 9 heavy (non-hydrogen) atoms. The monoisotopic (exact) mass is 192 g/mol. The topological polar surface area (TPSA) is 220 Å². The Morgan fingerprint density at radius 3 is 0.333 bits per heavy atom. The smallest absolute Gasteiger partial charge is 0.0149 e. The summed E-state index contributed by atoms with van der Waals surface area (Å²) in [4.78, 5) is 0. The lowest BCUT2D eigenvalue weighted by atomic mass is 16.0. The van der Waals surface area contributed by atoms with Crippen molar-refractivity contribution in [2.45, 2.75) is 0 Å². The Hall–Kier alpha value is 0.367. The molecule has 0 amide bonds. The predicted molar refractivity (Wildman–Crippen MR) is 47.7 cm³/mol. The second-order valence-corrected chi connectivity index (χ2v) is 0. The fraction of sp³-hybridized carbons (Fsp3) is 0. The summed E-state index contributed by atoms with van der Waals surface area (Å²) in [6, 6.07) is 0. The molecule has 0 aromatic rings. The van der Waals surface area contributed by atoms with E-state index in [1.807, 2.05) is 0 Å². The Morgan fingerprint density at radius 2 is 0.333 bits per heavy atom. The van der Waals surface area contributed by atoms with Crippen molar-refractivity contribution in [1.82, 2.24) is 0 Å². The van der Waals surface area contributed by atoms with Crippen LogP contribution in [0.4, 0.5) is 0 Å². The zero-order valence-corrected chi connectivity index (χ0v) is 5.62. The van der Waals surface area contributed by atoms with Crippen molar-refractivity contribution in [2.24, 2.45) is 0 Å². The van der Waals surface area contributed by atoms with E-state index in [2.05, 4.69) is 0 Å². The SMILES string of the molecule is O.O.O.O.O.O.O.P.[SiH4]. The van der Waals surface area contributed by atoms with Crippen LogP contribution in [-0.4, -0.2) is 49.3 Å². The summed E-state index contributed by atoms with van der Waals surface area (Å²) >= 11 is 0. The van der Waals surface area contributed by atoms with Crippen molar-refractivity contribution in [3.8, 4) is 0 Å². The molecule has 1 unspecified atom stereocenters. The molecule has 0 saturated carbocycles. The van der Waals surface area contributed by atoms with E-state index in [0.717, 1.165) is 0 Å². The highest BCUT2D eigenvalue weighted by atomic mass is 31.0. The molecule has 72 valence electrons. The maximum absolute atomic E-state index is 0. The van der Waals surface area contributed by atoms with Gasteiger partial charge in [-0.15, -0.1) is 0 Å². The molecule has 0 aliphatic rings. The van der Waals surface area contributed by atoms with Crippen molar-refractivity contribution in [1.29, 1.82) is 0 Å². The van der Waals surface area contributed by atoms with Gasteiger partial charge >= 0.3 is 0 Å². The lowest BCUT2D eigenvalue weighted by molar-refractivity contribution is 0.823. The molecule has 0 aliphatic heterocycles. The van der Waals surface area contributed by atoms with E-state index in [4.69, 9.17) is 0 Å². The van der Waals surface area contributed by atoms with Gasteiger partial charge in [0.05, 0.1) is 0 Å². The van der Waals surface area contributed by atoms with Gasteiger partial charge in [-0.3, -0.25) is 0 Å². The Labute approximate surface area is 60.3 Å². The maximum Gasteiger partial charge on any atom is -0.0149 e. The van der Waals surface area contributed by atoms with E-state index in [1.165, 1.54) is 0 Å². The molecular formula is H21O7PSi. The van der Waals surface area contributed by atoms with Crippen LogP contribution >= 0.6 is 9.90 Å². The van der Waals surface area contributed by atoms with Gasteiger partial charge in [-0.1, -0.05) is 0 Å². The van der Waals surface area contributed by atoms with Crippen LogP contribution < -0.4 is 0 Å². The summed E-state index contributed by atoms with van der Waals surface area (Å²) < 4.78 is 0. The highest BCUT2D eigenvalue weighted by molar-refractivity contribution is 6.92. The average molecular weight is 192 g/mol. The molecule has 14 N–H and O–H groups in total. The minimum atomic E-state index is 0. The zero-order chi connectivity index (χ0) is 0. The molecule has 0 aliphatic carbocycles. The second kappa shape index (κ2) is 3370. The first-order valence-corrected chi connectivity index (χ1v) is 0. The normalized spacial score (nSPS) is 0. The van der Waals surface area contributed by atoms with Gasteiger partial charge < -0.3 is 38.3 Å². The summed E-state index contributed by atoms with van der Waals surface area (Å²) in [5.41, 5.74) is 0. The van der Waals surface area contributed by atoms with Crippen LogP contribution in [0.3, 0.4) is 0 Å². The van der Waals surface area contributed by atoms with Gasteiger partial charge in [-0.05, 0) is 11.0 Å². The van der Waals surface area contributed by atoms with E-state index < -0.39 is 0 Å². The van der Waals surface area contributed by atoms with Crippen LogP contribution in [0, 0.1) is 0 Å². The van der Waals surface area contributed by atoms with Crippen LogP contribution in [0.15, 0.2) is 0 Å². The van der Waals surface area contributed by atoms with Crippen LogP contribution in [0.2, 0.25) is 0 Å². The fourth-order valence-corrected chi connectivity index (χ4v) is 0. The Bertz CT molecular complexity index is 8.88. The molecule has 7 nitrogen and oxygen atoms in total. The Balaban J connectivity index is 0. The van der Waals surface area contributed by atoms with Crippen molar-refractivity contribution in [3.63, 3.8) is 0 Å². The molecule has 0 saturated heterocycles. The lowest BCUT2D eigenvalue weighted by Gasteiger charge is -0.413. The quantitative estimate of drug-likeness (QED) is 0.257. The highest BCUT2D eigenvalue weighted by Crippen LogP contribution is 0.861. The minimum absolute atomic E-state index is 0. The molecule has 0 spiro atoms. The molecule has 0 aromatic heterocycles. The molecule has 0 heterocycles. The lowest BCUT2D eigenvalue weighted by Crippen LogP contribution is -0.381. The average Bonchev–Trinajstić information content (AvgIpc) is 0. The molecule has 0 radical (unpaired) electrons. The Morgan fingerprint density at radius 1 is 0.333 bits per heavy atom. The summed E-state index contributed by atoms with van der Waals surface area (Å²) in [6.07, 6.45) is 0. The van der Waals surface area contributed by atoms with Crippen LogP contribution in [0.25, 0.3) is 0 Å². The number of rotatable bonds is 0. The minimum Gasteiger partial charge on any atom is -0.412 e. The van der Waals surface area contributed by atoms with E-state index in [9.17, 15) is 0 Å². The molecule has 9 heteroatoms. The van der Waals surface area contributed by atoms with E-state index in [0.29, 0.717) is 0 Å². The van der Waals surface area contributed by atoms with Gasteiger partial charge in [0.2, 0.25) is 0 Å². The van der Waals surface area contributed by atoms with Crippen molar-refractivity contribution in [3.05, 3.63) is 0 Å². The van der Waals surface area contributed by atoms with Crippen molar-refractivity contribution >= 4 is 20.9 Å². The first-order valence-electron chi connectivity index (χ1n) is 0. The van der Waals surface area contributed by atoms with Crippen LogP contribution in [0.5, 0.6) is 0 Å². The standard InChI is InChI=1S/7H2O.H3P.H4Si/h7*1H2;1H3;1H4. The summed E-state index contributed by atoms with van der Waals surface area (Å²) in [5.74, 6) is 0. The first-order chi connectivity index (χ1) is 0. The van der Waals surface area contributed by atoms with Gasteiger partial charge in [-0.25, -0.2) is 0 Å². The molecule has 0 fully saturated rings. The van der Waals surface area contributed by atoms with E-state index in [-0.39, 0.29) is 59.2 Å². The predicted octanol–water partition coefficient (Wildman–Crippen LogP) is -7.17. The van der Waals surface area contributed by atoms with Crippen LogP contribution in [0.1, 0.15) is 0 Å². The largest absolute Gasteiger partial charge is 0.412 e. The van der Waals surface area contributed by atoms with Crippen molar-refractivity contribution in [2.75, 3.05) is 0 Å². The molecule has 1 atom stereocenters.